The van der Waals surface area contributed by atoms with E-state index < -0.39 is 0 Å². The minimum absolute atomic E-state index is 0. The lowest BCUT2D eigenvalue weighted by Crippen LogP contribution is -2.38. The first kappa shape index (κ1) is 21.3. The van der Waals surface area contributed by atoms with E-state index in [2.05, 4.69) is 48.0 Å². The summed E-state index contributed by atoms with van der Waals surface area (Å²) in [6.07, 6.45) is 3.70. The predicted octanol–water partition coefficient (Wildman–Crippen LogP) is 3.17. The molecule has 0 unspecified atom stereocenters. The Morgan fingerprint density at radius 2 is 2.18 bits per heavy atom. The van der Waals surface area contributed by atoms with Gasteiger partial charge in [-0.25, -0.2) is 4.98 Å². The second-order valence-electron chi connectivity index (χ2n) is 5.58. The SMILES string of the molecule is C=CCSCCNC(=NC)NCc1ncc(C(C)(C)C)o1.I. The van der Waals surface area contributed by atoms with E-state index in [-0.39, 0.29) is 29.4 Å². The minimum Gasteiger partial charge on any atom is -0.443 e. The van der Waals surface area contributed by atoms with Crippen molar-refractivity contribution in [1.82, 2.24) is 15.6 Å². The minimum atomic E-state index is -0.0203. The van der Waals surface area contributed by atoms with E-state index in [0.29, 0.717) is 12.4 Å². The molecule has 0 bridgehead atoms. The van der Waals surface area contributed by atoms with Gasteiger partial charge in [-0.1, -0.05) is 26.8 Å². The Labute approximate surface area is 154 Å². The molecule has 0 saturated carbocycles. The van der Waals surface area contributed by atoms with E-state index >= 15 is 0 Å². The molecular formula is C15H27IN4OS. The molecule has 0 aliphatic heterocycles. The topological polar surface area (TPSA) is 62.5 Å². The van der Waals surface area contributed by atoms with Crippen LogP contribution in [-0.2, 0) is 12.0 Å². The molecule has 0 aliphatic rings. The summed E-state index contributed by atoms with van der Waals surface area (Å²) >= 11 is 1.83. The van der Waals surface area contributed by atoms with Crippen LogP contribution >= 0.6 is 35.7 Å². The maximum Gasteiger partial charge on any atom is 0.213 e. The normalized spacial score (nSPS) is 11.7. The number of aromatic nitrogens is 1. The quantitative estimate of drug-likeness (QED) is 0.225. The van der Waals surface area contributed by atoms with Gasteiger partial charge in [-0.2, -0.15) is 11.8 Å². The fourth-order valence-corrected chi connectivity index (χ4v) is 2.11. The lowest BCUT2D eigenvalue weighted by Gasteiger charge is -2.13. The van der Waals surface area contributed by atoms with Gasteiger partial charge in [0.2, 0.25) is 5.89 Å². The van der Waals surface area contributed by atoms with Crippen molar-refractivity contribution in [2.45, 2.75) is 32.7 Å². The van der Waals surface area contributed by atoms with Crippen molar-refractivity contribution in [1.29, 1.82) is 0 Å². The molecule has 1 rings (SSSR count). The lowest BCUT2D eigenvalue weighted by molar-refractivity contribution is 0.379. The maximum absolute atomic E-state index is 5.73. The highest BCUT2D eigenvalue weighted by Crippen LogP contribution is 2.22. The summed E-state index contributed by atoms with van der Waals surface area (Å²) < 4.78 is 5.73. The van der Waals surface area contributed by atoms with Crippen LogP contribution in [-0.4, -0.2) is 36.0 Å². The van der Waals surface area contributed by atoms with Gasteiger partial charge in [-0.3, -0.25) is 4.99 Å². The van der Waals surface area contributed by atoms with E-state index in [1.165, 1.54) is 0 Å². The average molecular weight is 438 g/mol. The molecule has 0 aromatic carbocycles. The van der Waals surface area contributed by atoms with Crippen LogP contribution in [0.5, 0.6) is 0 Å². The van der Waals surface area contributed by atoms with Gasteiger partial charge in [0.15, 0.2) is 5.96 Å². The summed E-state index contributed by atoms with van der Waals surface area (Å²) in [6.45, 7) is 11.4. The maximum atomic E-state index is 5.73. The highest BCUT2D eigenvalue weighted by Gasteiger charge is 2.19. The molecule has 0 aliphatic carbocycles. The fraction of sp³-hybridized carbons (Fsp3) is 0.600. The van der Waals surface area contributed by atoms with E-state index in [4.69, 9.17) is 4.42 Å². The van der Waals surface area contributed by atoms with Gasteiger partial charge in [-0.15, -0.1) is 30.6 Å². The zero-order valence-electron chi connectivity index (χ0n) is 13.8. The number of aliphatic imine (C=N–C) groups is 1. The number of thioether (sulfide) groups is 1. The van der Waals surface area contributed by atoms with E-state index in [1.807, 2.05) is 17.8 Å². The molecule has 0 amide bonds. The molecule has 126 valence electrons. The Balaban J connectivity index is 0.00000441. The number of nitrogens with zero attached hydrogens (tertiary/aromatic N) is 2. The number of hydrogen-bond acceptors (Lipinski definition) is 4. The first-order valence-electron chi connectivity index (χ1n) is 7.05. The zero-order valence-corrected chi connectivity index (χ0v) is 17.0. The summed E-state index contributed by atoms with van der Waals surface area (Å²) in [5, 5.41) is 6.44. The highest BCUT2D eigenvalue weighted by atomic mass is 127. The molecule has 0 spiro atoms. The third kappa shape index (κ3) is 8.07. The van der Waals surface area contributed by atoms with Crippen LogP contribution in [0.4, 0.5) is 0 Å². The van der Waals surface area contributed by atoms with Crippen molar-refractivity contribution in [3.05, 3.63) is 30.5 Å². The van der Waals surface area contributed by atoms with Crippen LogP contribution in [0.1, 0.15) is 32.4 Å². The number of nitrogens with one attached hydrogen (secondary N) is 2. The Kier molecular flexibility index (Phi) is 10.6. The van der Waals surface area contributed by atoms with Gasteiger partial charge >= 0.3 is 0 Å². The van der Waals surface area contributed by atoms with Gasteiger partial charge in [-0.05, 0) is 0 Å². The molecule has 2 N–H and O–H groups in total. The van der Waals surface area contributed by atoms with E-state index in [1.54, 1.807) is 13.2 Å². The molecule has 1 aromatic rings. The van der Waals surface area contributed by atoms with Crippen LogP contribution in [0.15, 0.2) is 28.3 Å². The van der Waals surface area contributed by atoms with Crippen molar-refractivity contribution in [2.75, 3.05) is 25.1 Å². The van der Waals surface area contributed by atoms with E-state index in [0.717, 1.165) is 29.8 Å². The lowest BCUT2D eigenvalue weighted by atomic mass is 9.94. The highest BCUT2D eigenvalue weighted by molar-refractivity contribution is 14.0. The standard InChI is InChI=1S/C15H26N4OS.HI/c1-6-8-21-9-7-17-14(16-5)19-11-13-18-10-12(20-13)15(2,3)4;/h6,10H,1,7-9,11H2,2-5H3,(H2,16,17,19);1H. The van der Waals surface area contributed by atoms with Crippen molar-refractivity contribution in [2.24, 2.45) is 4.99 Å². The van der Waals surface area contributed by atoms with Crippen LogP contribution in [0.3, 0.4) is 0 Å². The number of oxazole rings is 1. The van der Waals surface area contributed by atoms with Crippen molar-refractivity contribution in [3.63, 3.8) is 0 Å². The molecule has 22 heavy (non-hydrogen) atoms. The Morgan fingerprint density at radius 3 is 2.73 bits per heavy atom. The number of hydrogen-bond donors (Lipinski definition) is 2. The van der Waals surface area contributed by atoms with Gasteiger partial charge < -0.3 is 15.1 Å². The van der Waals surface area contributed by atoms with Crippen LogP contribution in [0.2, 0.25) is 0 Å². The fourth-order valence-electron chi connectivity index (χ4n) is 1.53. The van der Waals surface area contributed by atoms with E-state index in [9.17, 15) is 0 Å². The molecule has 0 saturated heterocycles. The first-order chi connectivity index (χ1) is 9.97. The van der Waals surface area contributed by atoms with Gasteiger partial charge in [0.05, 0.1) is 12.7 Å². The Hall–Kier alpha value is -0.700. The second kappa shape index (κ2) is 10.9. The number of rotatable bonds is 7. The third-order valence-corrected chi connectivity index (χ3v) is 3.66. The summed E-state index contributed by atoms with van der Waals surface area (Å²) in [7, 11) is 1.75. The Bertz CT molecular complexity index is 468. The zero-order chi connectivity index (χ0) is 15.7. The van der Waals surface area contributed by atoms with Crippen molar-refractivity contribution >= 4 is 41.7 Å². The van der Waals surface area contributed by atoms with Gasteiger partial charge in [0.25, 0.3) is 0 Å². The smallest absolute Gasteiger partial charge is 0.213 e. The molecule has 1 heterocycles. The largest absolute Gasteiger partial charge is 0.443 e. The van der Waals surface area contributed by atoms with Crippen LogP contribution < -0.4 is 10.6 Å². The molecule has 0 fully saturated rings. The predicted molar refractivity (Wildman–Crippen MR) is 106 cm³/mol. The van der Waals surface area contributed by atoms with Gasteiger partial charge in [0.1, 0.15) is 5.76 Å². The summed E-state index contributed by atoms with van der Waals surface area (Å²) in [5.74, 6) is 4.30. The molecular weight excluding hydrogens is 411 g/mol. The molecule has 0 atom stereocenters. The van der Waals surface area contributed by atoms with Crippen LogP contribution in [0.25, 0.3) is 0 Å². The third-order valence-electron chi connectivity index (χ3n) is 2.70. The first-order valence-corrected chi connectivity index (χ1v) is 8.21. The van der Waals surface area contributed by atoms with Gasteiger partial charge in [0, 0.05) is 30.5 Å². The average Bonchev–Trinajstić information content (AvgIpc) is 2.91. The second-order valence-corrected chi connectivity index (χ2v) is 6.73. The van der Waals surface area contributed by atoms with Crippen LogP contribution in [0, 0.1) is 0 Å². The summed E-state index contributed by atoms with van der Waals surface area (Å²) in [4.78, 5) is 8.45. The molecule has 0 radical (unpaired) electrons. The number of halogens is 1. The monoisotopic (exact) mass is 438 g/mol. The number of guanidine groups is 1. The molecule has 7 heteroatoms. The van der Waals surface area contributed by atoms with Crippen molar-refractivity contribution < 1.29 is 4.42 Å². The molecule has 1 aromatic heterocycles. The summed E-state index contributed by atoms with van der Waals surface area (Å²) in [5.41, 5.74) is -0.0203. The van der Waals surface area contributed by atoms with Crippen molar-refractivity contribution in [3.8, 4) is 0 Å². The Morgan fingerprint density at radius 1 is 1.45 bits per heavy atom. The summed E-state index contributed by atoms with van der Waals surface area (Å²) in [6, 6.07) is 0. The molecule has 5 nitrogen and oxygen atoms in total.